The molecule has 15 heavy (non-hydrogen) atoms. The van der Waals surface area contributed by atoms with E-state index in [0.717, 1.165) is 18.3 Å². The van der Waals surface area contributed by atoms with Gasteiger partial charge in [-0.1, -0.05) is 18.7 Å². The van der Waals surface area contributed by atoms with Crippen molar-refractivity contribution in [2.75, 3.05) is 6.54 Å². The average Bonchev–Trinajstić information content (AvgIpc) is 2.77. The van der Waals surface area contributed by atoms with Crippen LogP contribution in [0.1, 0.15) is 13.8 Å². The molecule has 1 aliphatic heterocycles. The van der Waals surface area contributed by atoms with Crippen molar-refractivity contribution in [3.8, 4) is 0 Å². The maximum Gasteiger partial charge on any atom is 0.157 e. The molecular weight excluding hydrogens is 208 g/mol. The normalized spacial score (nSPS) is 22.5. The lowest BCUT2D eigenvalue weighted by Gasteiger charge is -2.15. The second-order valence-electron chi connectivity index (χ2n) is 3.88. The molecular formula is C10H16N4S. The smallest absolute Gasteiger partial charge is 0.157 e. The van der Waals surface area contributed by atoms with Crippen LogP contribution >= 0.6 is 11.8 Å². The van der Waals surface area contributed by atoms with Crippen molar-refractivity contribution < 1.29 is 0 Å². The molecule has 0 bridgehead atoms. The molecule has 2 rings (SSSR count). The lowest BCUT2D eigenvalue weighted by molar-refractivity contribution is 0.548. The van der Waals surface area contributed by atoms with E-state index in [0.29, 0.717) is 11.3 Å². The number of hydrogen-bond acceptors (Lipinski definition) is 4. The van der Waals surface area contributed by atoms with Gasteiger partial charge in [0.05, 0.1) is 12.9 Å². The molecule has 0 fully saturated rings. The van der Waals surface area contributed by atoms with Crippen LogP contribution in [-0.2, 0) is 6.54 Å². The zero-order valence-corrected chi connectivity index (χ0v) is 9.87. The van der Waals surface area contributed by atoms with Crippen molar-refractivity contribution in [3.05, 3.63) is 18.7 Å². The zero-order chi connectivity index (χ0) is 10.7. The molecule has 2 heterocycles. The minimum atomic E-state index is 0.385. The lowest BCUT2D eigenvalue weighted by atomic mass is 10.3. The summed E-state index contributed by atoms with van der Waals surface area (Å²) in [5.74, 6) is 0. The molecule has 5 heteroatoms. The van der Waals surface area contributed by atoms with Gasteiger partial charge in [-0.25, -0.2) is 4.98 Å². The SMILES string of the molecule is CC(Cn1ccnc1)NC1=NCC(C)S1. The highest BCUT2D eigenvalue weighted by atomic mass is 32.2. The van der Waals surface area contributed by atoms with Gasteiger partial charge in [-0.3, -0.25) is 4.99 Å². The van der Waals surface area contributed by atoms with Crippen molar-refractivity contribution in [2.45, 2.75) is 31.7 Å². The van der Waals surface area contributed by atoms with Gasteiger partial charge in [-0.05, 0) is 6.92 Å². The summed E-state index contributed by atoms with van der Waals surface area (Å²) in [7, 11) is 0. The summed E-state index contributed by atoms with van der Waals surface area (Å²) >= 11 is 1.82. The highest BCUT2D eigenvalue weighted by Gasteiger charge is 2.16. The Bertz CT molecular complexity index is 333. The third kappa shape index (κ3) is 2.99. The number of hydrogen-bond donors (Lipinski definition) is 1. The Kier molecular flexibility index (Phi) is 3.30. The molecule has 82 valence electrons. The summed E-state index contributed by atoms with van der Waals surface area (Å²) in [4.78, 5) is 8.45. The fraction of sp³-hybridized carbons (Fsp3) is 0.600. The maximum atomic E-state index is 4.43. The van der Waals surface area contributed by atoms with Gasteiger partial charge in [0.15, 0.2) is 5.17 Å². The van der Waals surface area contributed by atoms with E-state index in [2.05, 4.69) is 33.7 Å². The Hall–Kier alpha value is -0.970. The predicted molar refractivity (Wildman–Crippen MR) is 64.2 cm³/mol. The second kappa shape index (κ2) is 4.70. The van der Waals surface area contributed by atoms with Crippen LogP contribution in [-0.4, -0.2) is 32.6 Å². The molecule has 0 aromatic carbocycles. The topological polar surface area (TPSA) is 42.2 Å². The van der Waals surface area contributed by atoms with Gasteiger partial charge in [-0.2, -0.15) is 0 Å². The monoisotopic (exact) mass is 224 g/mol. The summed E-state index contributed by atoms with van der Waals surface area (Å²) < 4.78 is 2.07. The lowest BCUT2D eigenvalue weighted by Crippen LogP contribution is -2.33. The Labute approximate surface area is 94.2 Å². The van der Waals surface area contributed by atoms with Crippen LogP contribution in [0.2, 0.25) is 0 Å². The number of nitrogens with one attached hydrogen (secondary N) is 1. The predicted octanol–water partition coefficient (Wildman–Crippen LogP) is 1.35. The largest absolute Gasteiger partial charge is 0.361 e. The van der Waals surface area contributed by atoms with Gasteiger partial charge in [0, 0.05) is 30.2 Å². The zero-order valence-electron chi connectivity index (χ0n) is 9.05. The minimum absolute atomic E-state index is 0.385. The summed E-state index contributed by atoms with van der Waals surface area (Å²) in [5.41, 5.74) is 0. The van der Waals surface area contributed by atoms with Crippen LogP contribution in [0.25, 0.3) is 0 Å². The molecule has 4 nitrogen and oxygen atoms in total. The quantitative estimate of drug-likeness (QED) is 0.843. The average molecular weight is 224 g/mol. The van der Waals surface area contributed by atoms with Crippen molar-refractivity contribution in [1.82, 2.24) is 14.9 Å². The summed E-state index contributed by atoms with van der Waals surface area (Å²) in [5, 5.41) is 5.11. The third-order valence-corrected chi connectivity index (χ3v) is 3.24. The molecule has 0 saturated heterocycles. The Balaban J connectivity index is 1.80. The standard InChI is InChI=1S/C10H16N4S/c1-8(6-14-4-3-11-7-14)13-10-12-5-9(2)15-10/h3-4,7-9H,5-6H2,1-2H3,(H,12,13). The van der Waals surface area contributed by atoms with E-state index in [1.165, 1.54) is 0 Å². The van der Waals surface area contributed by atoms with E-state index in [4.69, 9.17) is 0 Å². The fourth-order valence-corrected chi connectivity index (χ4v) is 2.47. The molecule has 2 unspecified atom stereocenters. The van der Waals surface area contributed by atoms with E-state index in [1.807, 2.05) is 24.3 Å². The molecule has 0 saturated carbocycles. The fourth-order valence-electron chi connectivity index (χ4n) is 1.52. The van der Waals surface area contributed by atoms with Crippen molar-refractivity contribution >= 4 is 16.9 Å². The Morgan fingerprint density at radius 1 is 1.73 bits per heavy atom. The van der Waals surface area contributed by atoms with Crippen molar-refractivity contribution in [3.63, 3.8) is 0 Å². The number of aromatic nitrogens is 2. The molecule has 0 aliphatic carbocycles. The van der Waals surface area contributed by atoms with Gasteiger partial charge < -0.3 is 9.88 Å². The highest BCUT2D eigenvalue weighted by molar-refractivity contribution is 8.14. The number of imidazole rings is 1. The summed E-state index contributed by atoms with van der Waals surface area (Å²) in [6.45, 7) is 6.22. The number of aliphatic imine (C=N–C) groups is 1. The Morgan fingerprint density at radius 2 is 2.60 bits per heavy atom. The number of nitrogens with zero attached hydrogens (tertiary/aromatic N) is 3. The number of rotatable bonds is 3. The first-order valence-electron chi connectivity index (χ1n) is 5.17. The molecule has 1 N–H and O–H groups in total. The van der Waals surface area contributed by atoms with Crippen molar-refractivity contribution in [2.24, 2.45) is 4.99 Å². The van der Waals surface area contributed by atoms with E-state index >= 15 is 0 Å². The molecule has 0 radical (unpaired) electrons. The van der Waals surface area contributed by atoms with E-state index in [-0.39, 0.29) is 0 Å². The second-order valence-corrected chi connectivity index (χ2v) is 5.31. The van der Waals surface area contributed by atoms with Crippen LogP contribution < -0.4 is 5.32 Å². The van der Waals surface area contributed by atoms with Gasteiger partial charge in [-0.15, -0.1) is 0 Å². The third-order valence-electron chi connectivity index (χ3n) is 2.22. The van der Waals surface area contributed by atoms with Crippen LogP contribution in [0.3, 0.4) is 0 Å². The van der Waals surface area contributed by atoms with Gasteiger partial charge in [0.2, 0.25) is 0 Å². The first-order valence-corrected chi connectivity index (χ1v) is 6.05. The molecule has 0 spiro atoms. The van der Waals surface area contributed by atoms with Gasteiger partial charge in [0.1, 0.15) is 0 Å². The maximum absolute atomic E-state index is 4.43. The van der Waals surface area contributed by atoms with Crippen LogP contribution in [0.5, 0.6) is 0 Å². The van der Waals surface area contributed by atoms with Crippen LogP contribution in [0.15, 0.2) is 23.7 Å². The van der Waals surface area contributed by atoms with Crippen LogP contribution in [0, 0.1) is 0 Å². The molecule has 1 aromatic heterocycles. The molecule has 1 aromatic rings. The van der Waals surface area contributed by atoms with E-state index < -0.39 is 0 Å². The number of amidine groups is 1. The van der Waals surface area contributed by atoms with Crippen molar-refractivity contribution in [1.29, 1.82) is 0 Å². The van der Waals surface area contributed by atoms with E-state index in [1.54, 1.807) is 6.20 Å². The minimum Gasteiger partial charge on any atom is -0.361 e. The summed E-state index contributed by atoms with van der Waals surface area (Å²) in [6, 6.07) is 0.385. The summed E-state index contributed by atoms with van der Waals surface area (Å²) in [6.07, 6.45) is 5.62. The van der Waals surface area contributed by atoms with Crippen LogP contribution in [0.4, 0.5) is 0 Å². The molecule has 2 atom stereocenters. The highest BCUT2D eigenvalue weighted by Crippen LogP contribution is 2.18. The molecule has 0 amide bonds. The van der Waals surface area contributed by atoms with E-state index in [9.17, 15) is 0 Å². The number of thioether (sulfide) groups is 1. The first kappa shape index (κ1) is 10.5. The molecule has 1 aliphatic rings. The Morgan fingerprint density at radius 3 is 3.20 bits per heavy atom. The first-order chi connectivity index (χ1) is 7.24. The van der Waals surface area contributed by atoms with Gasteiger partial charge in [0.25, 0.3) is 0 Å². The van der Waals surface area contributed by atoms with Gasteiger partial charge >= 0.3 is 0 Å².